The van der Waals surface area contributed by atoms with E-state index in [1.165, 1.54) is 5.56 Å². The molecule has 0 N–H and O–H groups in total. The molecule has 11 heavy (non-hydrogen) atoms. The highest BCUT2D eigenvalue weighted by Gasteiger charge is 2.13. The summed E-state index contributed by atoms with van der Waals surface area (Å²) in [5.41, 5.74) is 2.23. The van der Waals surface area contributed by atoms with E-state index in [-0.39, 0.29) is 0 Å². The van der Waals surface area contributed by atoms with Crippen LogP contribution in [0.2, 0.25) is 0 Å². The third kappa shape index (κ3) is 1.06. The number of fused-ring (bicyclic) bond motifs is 1. The SMILES string of the molecule is Cc1ncnc2c1CCCO2. The molecule has 0 fully saturated rings. The molecule has 1 aliphatic rings. The van der Waals surface area contributed by atoms with Crippen molar-refractivity contribution in [3.8, 4) is 5.88 Å². The average molecular weight is 150 g/mol. The van der Waals surface area contributed by atoms with Crippen LogP contribution in [0.1, 0.15) is 17.7 Å². The second-order valence-electron chi connectivity index (χ2n) is 2.69. The molecule has 0 bridgehead atoms. The third-order valence-electron chi connectivity index (χ3n) is 1.93. The second-order valence-corrected chi connectivity index (χ2v) is 2.69. The Morgan fingerprint density at radius 2 is 2.36 bits per heavy atom. The Labute approximate surface area is 65.4 Å². The van der Waals surface area contributed by atoms with Crippen LogP contribution in [-0.4, -0.2) is 16.6 Å². The van der Waals surface area contributed by atoms with Gasteiger partial charge in [0.2, 0.25) is 5.88 Å². The Balaban J connectivity index is 2.49. The molecule has 3 nitrogen and oxygen atoms in total. The van der Waals surface area contributed by atoms with E-state index in [0.29, 0.717) is 0 Å². The van der Waals surface area contributed by atoms with Gasteiger partial charge in [-0.25, -0.2) is 9.97 Å². The second kappa shape index (κ2) is 2.49. The van der Waals surface area contributed by atoms with Gasteiger partial charge in [-0.2, -0.15) is 0 Å². The van der Waals surface area contributed by atoms with E-state index in [0.717, 1.165) is 31.0 Å². The molecule has 0 atom stereocenters. The van der Waals surface area contributed by atoms with Crippen molar-refractivity contribution in [2.45, 2.75) is 19.8 Å². The highest BCUT2D eigenvalue weighted by atomic mass is 16.5. The van der Waals surface area contributed by atoms with E-state index < -0.39 is 0 Å². The standard InChI is InChI=1S/C8H10N2O/c1-6-7-3-2-4-11-8(7)10-5-9-6/h5H,2-4H2,1H3. The van der Waals surface area contributed by atoms with Crippen molar-refractivity contribution >= 4 is 0 Å². The number of nitrogens with zero attached hydrogens (tertiary/aromatic N) is 2. The molecular weight excluding hydrogens is 140 g/mol. The molecule has 3 heteroatoms. The first-order valence-corrected chi connectivity index (χ1v) is 3.81. The lowest BCUT2D eigenvalue weighted by atomic mass is 10.1. The van der Waals surface area contributed by atoms with Gasteiger partial charge in [0, 0.05) is 11.3 Å². The Morgan fingerprint density at radius 1 is 1.45 bits per heavy atom. The molecule has 0 aliphatic carbocycles. The van der Waals surface area contributed by atoms with Crippen LogP contribution in [0.4, 0.5) is 0 Å². The molecule has 0 amide bonds. The zero-order valence-corrected chi connectivity index (χ0v) is 6.50. The molecule has 1 aliphatic heterocycles. The molecule has 2 rings (SSSR count). The van der Waals surface area contributed by atoms with Crippen LogP contribution in [0.25, 0.3) is 0 Å². The number of hydrogen-bond donors (Lipinski definition) is 0. The highest BCUT2D eigenvalue weighted by Crippen LogP contribution is 2.22. The van der Waals surface area contributed by atoms with Gasteiger partial charge in [-0.15, -0.1) is 0 Å². The van der Waals surface area contributed by atoms with Crippen LogP contribution in [0.5, 0.6) is 5.88 Å². The molecule has 1 aromatic rings. The van der Waals surface area contributed by atoms with Gasteiger partial charge in [0.05, 0.1) is 6.61 Å². The zero-order chi connectivity index (χ0) is 7.68. The predicted octanol–water partition coefficient (Wildman–Crippen LogP) is 1.11. The number of hydrogen-bond acceptors (Lipinski definition) is 3. The van der Waals surface area contributed by atoms with Crippen molar-refractivity contribution in [2.24, 2.45) is 0 Å². The van der Waals surface area contributed by atoms with Gasteiger partial charge in [0.1, 0.15) is 6.33 Å². The van der Waals surface area contributed by atoms with E-state index in [4.69, 9.17) is 4.74 Å². The van der Waals surface area contributed by atoms with E-state index >= 15 is 0 Å². The number of rotatable bonds is 0. The maximum atomic E-state index is 5.35. The summed E-state index contributed by atoms with van der Waals surface area (Å²) in [7, 11) is 0. The van der Waals surface area contributed by atoms with Gasteiger partial charge >= 0.3 is 0 Å². The highest BCUT2D eigenvalue weighted by molar-refractivity contribution is 5.30. The van der Waals surface area contributed by atoms with Crippen molar-refractivity contribution in [3.63, 3.8) is 0 Å². The van der Waals surface area contributed by atoms with Gasteiger partial charge in [-0.1, -0.05) is 0 Å². The molecule has 0 unspecified atom stereocenters. The number of aryl methyl sites for hydroxylation is 1. The third-order valence-corrected chi connectivity index (χ3v) is 1.93. The Hall–Kier alpha value is -1.12. The predicted molar refractivity (Wildman–Crippen MR) is 40.6 cm³/mol. The van der Waals surface area contributed by atoms with Gasteiger partial charge in [0.15, 0.2) is 0 Å². The summed E-state index contributed by atoms with van der Waals surface area (Å²) in [6.07, 6.45) is 3.70. The first kappa shape index (κ1) is 6.58. The Morgan fingerprint density at radius 3 is 3.18 bits per heavy atom. The maximum absolute atomic E-state index is 5.35. The number of ether oxygens (including phenoxy) is 1. The molecule has 1 aromatic heterocycles. The van der Waals surface area contributed by atoms with Gasteiger partial charge in [-0.3, -0.25) is 0 Å². The summed E-state index contributed by atoms with van der Waals surface area (Å²) in [4.78, 5) is 8.15. The summed E-state index contributed by atoms with van der Waals surface area (Å²) in [5.74, 6) is 0.781. The minimum absolute atomic E-state index is 0.781. The van der Waals surface area contributed by atoms with E-state index in [1.807, 2.05) is 6.92 Å². The fraction of sp³-hybridized carbons (Fsp3) is 0.500. The zero-order valence-electron chi connectivity index (χ0n) is 6.50. The van der Waals surface area contributed by atoms with Crippen LogP contribution in [0.15, 0.2) is 6.33 Å². The minimum Gasteiger partial charge on any atom is -0.477 e. The topological polar surface area (TPSA) is 35.0 Å². The average Bonchev–Trinajstić information content (AvgIpc) is 2.06. The molecule has 0 aromatic carbocycles. The van der Waals surface area contributed by atoms with Crippen LogP contribution in [0.3, 0.4) is 0 Å². The van der Waals surface area contributed by atoms with Crippen LogP contribution < -0.4 is 4.74 Å². The van der Waals surface area contributed by atoms with Gasteiger partial charge < -0.3 is 4.74 Å². The van der Waals surface area contributed by atoms with Gasteiger partial charge in [0.25, 0.3) is 0 Å². The summed E-state index contributed by atoms with van der Waals surface area (Å²) in [5, 5.41) is 0. The fourth-order valence-electron chi connectivity index (χ4n) is 1.31. The number of aromatic nitrogens is 2. The van der Waals surface area contributed by atoms with Crippen molar-refractivity contribution in [1.82, 2.24) is 9.97 Å². The smallest absolute Gasteiger partial charge is 0.219 e. The first-order chi connectivity index (χ1) is 5.38. The van der Waals surface area contributed by atoms with E-state index in [1.54, 1.807) is 6.33 Å². The van der Waals surface area contributed by atoms with Crippen molar-refractivity contribution < 1.29 is 4.74 Å². The molecule has 0 saturated carbocycles. The summed E-state index contributed by atoms with van der Waals surface area (Å²) in [6, 6.07) is 0. The monoisotopic (exact) mass is 150 g/mol. The lowest BCUT2D eigenvalue weighted by Gasteiger charge is -2.16. The first-order valence-electron chi connectivity index (χ1n) is 3.81. The lowest BCUT2D eigenvalue weighted by molar-refractivity contribution is 0.274. The minimum atomic E-state index is 0.781. The van der Waals surface area contributed by atoms with E-state index in [2.05, 4.69) is 9.97 Å². The molecule has 2 heterocycles. The van der Waals surface area contributed by atoms with Crippen LogP contribution in [0, 0.1) is 6.92 Å². The van der Waals surface area contributed by atoms with Crippen molar-refractivity contribution in [3.05, 3.63) is 17.6 Å². The summed E-state index contributed by atoms with van der Waals surface area (Å²) >= 11 is 0. The van der Waals surface area contributed by atoms with E-state index in [9.17, 15) is 0 Å². The van der Waals surface area contributed by atoms with Gasteiger partial charge in [-0.05, 0) is 19.8 Å². The quantitative estimate of drug-likeness (QED) is 0.555. The van der Waals surface area contributed by atoms with Crippen LogP contribution in [-0.2, 0) is 6.42 Å². The molecular formula is C8H10N2O. The summed E-state index contributed by atoms with van der Waals surface area (Å²) in [6.45, 7) is 2.79. The maximum Gasteiger partial charge on any atom is 0.219 e. The van der Waals surface area contributed by atoms with Crippen LogP contribution >= 0.6 is 0 Å². The Bertz CT molecular complexity index is 273. The molecule has 0 radical (unpaired) electrons. The fourth-order valence-corrected chi connectivity index (χ4v) is 1.31. The largest absolute Gasteiger partial charge is 0.477 e. The lowest BCUT2D eigenvalue weighted by Crippen LogP contribution is -2.11. The van der Waals surface area contributed by atoms with Crippen molar-refractivity contribution in [1.29, 1.82) is 0 Å². The van der Waals surface area contributed by atoms with Crippen molar-refractivity contribution in [2.75, 3.05) is 6.61 Å². The molecule has 0 spiro atoms. The normalized spacial score (nSPS) is 15.4. The molecule has 58 valence electrons. The Kier molecular flexibility index (Phi) is 1.49. The summed E-state index contributed by atoms with van der Waals surface area (Å²) < 4.78 is 5.35. The molecule has 0 saturated heterocycles.